The Hall–Kier alpha value is -1.92. The first kappa shape index (κ1) is 14.1. The molecular formula is C11H16N2O5. The molecule has 1 heterocycles. The highest BCUT2D eigenvalue weighted by Gasteiger charge is 2.35. The number of nitrogens with zero attached hydrogens (tertiary/aromatic N) is 1. The minimum atomic E-state index is -0.885. The van der Waals surface area contributed by atoms with Crippen LogP contribution in [0, 0.1) is 5.92 Å². The van der Waals surface area contributed by atoms with Gasteiger partial charge in [-0.2, -0.15) is 0 Å². The van der Waals surface area contributed by atoms with E-state index in [0.717, 1.165) is 0 Å². The van der Waals surface area contributed by atoms with Crippen molar-refractivity contribution in [1.82, 2.24) is 10.4 Å². The van der Waals surface area contributed by atoms with Gasteiger partial charge in [-0.15, -0.1) is 5.06 Å². The topological polar surface area (TPSA) is 92.8 Å². The molecule has 1 aliphatic rings. The van der Waals surface area contributed by atoms with E-state index >= 15 is 0 Å². The van der Waals surface area contributed by atoms with Crippen molar-refractivity contribution in [2.75, 3.05) is 0 Å². The first-order chi connectivity index (χ1) is 8.32. The average molecular weight is 256 g/mol. The SMILES string of the molecule is CC(=O)NC(C(=O)ON1C(=O)CCC1=O)C(C)C. The van der Waals surface area contributed by atoms with Crippen molar-refractivity contribution in [3.63, 3.8) is 0 Å². The number of hydrogen-bond donors (Lipinski definition) is 1. The Balaban J connectivity index is 2.69. The van der Waals surface area contributed by atoms with Gasteiger partial charge in [0.2, 0.25) is 5.91 Å². The molecule has 100 valence electrons. The molecule has 0 aromatic rings. The molecule has 0 aromatic heterocycles. The molecule has 0 aromatic carbocycles. The number of nitrogens with one attached hydrogen (secondary N) is 1. The molecule has 3 amide bonds. The average Bonchev–Trinajstić information content (AvgIpc) is 2.56. The van der Waals surface area contributed by atoms with Gasteiger partial charge in [-0.1, -0.05) is 13.8 Å². The normalized spacial score (nSPS) is 17.0. The van der Waals surface area contributed by atoms with Crippen LogP contribution in [0.25, 0.3) is 0 Å². The van der Waals surface area contributed by atoms with Crippen LogP contribution in [0.4, 0.5) is 0 Å². The molecule has 1 rings (SSSR count). The highest BCUT2D eigenvalue weighted by molar-refractivity contribution is 6.01. The predicted octanol–water partition coefficient (Wildman–Crippen LogP) is -0.246. The molecule has 1 fully saturated rings. The lowest BCUT2D eigenvalue weighted by Crippen LogP contribution is -2.47. The lowest BCUT2D eigenvalue weighted by Gasteiger charge is -2.21. The van der Waals surface area contributed by atoms with Gasteiger partial charge in [-0.25, -0.2) is 4.79 Å². The van der Waals surface area contributed by atoms with Crippen molar-refractivity contribution in [3.8, 4) is 0 Å². The van der Waals surface area contributed by atoms with Crippen molar-refractivity contribution in [3.05, 3.63) is 0 Å². The van der Waals surface area contributed by atoms with Crippen LogP contribution >= 0.6 is 0 Å². The van der Waals surface area contributed by atoms with E-state index in [0.29, 0.717) is 5.06 Å². The summed E-state index contributed by atoms with van der Waals surface area (Å²) in [4.78, 5) is 50.0. The van der Waals surface area contributed by atoms with Gasteiger partial charge >= 0.3 is 5.97 Å². The summed E-state index contributed by atoms with van der Waals surface area (Å²) in [7, 11) is 0. The number of rotatable bonds is 4. The van der Waals surface area contributed by atoms with E-state index in [2.05, 4.69) is 5.32 Å². The second-order valence-corrected chi connectivity index (χ2v) is 4.41. The fourth-order valence-corrected chi connectivity index (χ4v) is 1.52. The summed E-state index contributed by atoms with van der Waals surface area (Å²) < 4.78 is 0. The summed E-state index contributed by atoms with van der Waals surface area (Å²) in [6, 6.07) is -0.885. The van der Waals surface area contributed by atoms with Crippen LogP contribution in [0.1, 0.15) is 33.6 Å². The first-order valence-corrected chi connectivity index (χ1v) is 5.67. The van der Waals surface area contributed by atoms with Gasteiger partial charge in [0.05, 0.1) is 0 Å². The van der Waals surface area contributed by atoms with Gasteiger partial charge in [-0.3, -0.25) is 14.4 Å². The Morgan fingerprint density at radius 2 is 1.72 bits per heavy atom. The fraction of sp³-hybridized carbons (Fsp3) is 0.636. The van der Waals surface area contributed by atoms with E-state index in [9.17, 15) is 19.2 Å². The third-order valence-electron chi connectivity index (χ3n) is 2.47. The highest BCUT2D eigenvalue weighted by atomic mass is 16.7. The Bertz CT molecular complexity index is 375. The van der Waals surface area contributed by atoms with Crippen LogP contribution < -0.4 is 5.32 Å². The molecule has 1 aliphatic heterocycles. The molecule has 1 atom stereocenters. The van der Waals surface area contributed by atoms with Crippen molar-refractivity contribution in [2.45, 2.75) is 39.7 Å². The summed E-state index contributed by atoms with van der Waals surface area (Å²) in [6.45, 7) is 4.71. The number of hydrogen-bond acceptors (Lipinski definition) is 5. The molecule has 0 radical (unpaired) electrons. The summed E-state index contributed by atoms with van der Waals surface area (Å²) >= 11 is 0. The number of carbonyl (C=O) groups is 4. The van der Waals surface area contributed by atoms with Crippen LogP contribution in [0.15, 0.2) is 0 Å². The number of imide groups is 1. The second kappa shape index (κ2) is 5.61. The molecule has 0 aliphatic carbocycles. The fourth-order valence-electron chi connectivity index (χ4n) is 1.52. The molecule has 0 bridgehead atoms. The van der Waals surface area contributed by atoms with E-state index in [1.807, 2.05) is 0 Å². The van der Waals surface area contributed by atoms with Crippen LogP contribution in [-0.2, 0) is 24.0 Å². The summed E-state index contributed by atoms with van der Waals surface area (Å²) in [5, 5.41) is 2.89. The van der Waals surface area contributed by atoms with Crippen LogP contribution in [0.2, 0.25) is 0 Å². The standard InChI is InChI=1S/C11H16N2O5/c1-6(2)10(12-7(3)14)11(17)18-13-8(15)4-5-9(13)16/h6,10H,4-5H2,1-3H3,(H,12,14). The number of amides is 3. The van der Waals surface area contributed by atoms with E-state index in [1.165, 1.54) is 6.92 Å². The van der Waals surface area contributed by atoms with E-state index in [1.54, 1.807) is 13.8 Å². The molecule has 7 heteroatoms. The predicted molar refractivity (Wildman–Crippen MR) is 59.6 cm³/mol. The Morgan fingerprint density at radius 3 is 2.11 bits per heavy atom. The maximum absolute atomic E-state index is 11.8. The maximum Gasteiger partial charge on any atom is 0.355 e. The first-order valence-electron chi connectivity index (χ1n) is 5.67. The molecule has 0 spiro atoms. The zero-order valence-electron chi connectivity index (χ0n) is 10.6. The highest BCUT2D eigenvalue weighted by Crippen LogP contribution is 2.14. The molecule has 7 nitrogen and oxygen atoms in total. The molecule has 1 N–H and O–H groups in total. The van der Waals surface area contributed by atoms with Gasteiger partial charge in [0.1, 0.15) is 6.04 Å². The quantitative estimate of drug-likeness (QED) is 0.700. The summed E-state index contributed by atoms with van der Waals surface area (Å²) in [5.74, 6) is -2.50. The summed E-state index contributed by atoms with van der Waals surface area (Å²) in [5.41, 5.74) is 0. The van der Waals surface area contributed by atoms with Gasteiger partial charge in [0, 0.05) is 19.8 Å². The van der Waals surface area contributed by atoms with Crippen LogP contribution in [0.5, 0.6) is 0 Å². The van der Waals surface area contributed by atoms with Crippen molar-refractivity contribution >= 4 is 23.7 Å². The van der Waals surface area contributed by atoms with Gasteiger partial charge in [-0.05, 0) is 5.92 Å². The largest absolute Gasteiger partial charge is 0.355 e. The Labute approximate surface area is 104 Å². The van der Waals surface area contributed by atoms with E-state index < -0.39 is 23.8 Å². The van der Waals surface area contributed by atoms with Crippen molar-refractivity contribution in [2.24, 2.45) is 5.92 Å². The third-order valence-corrected chi connectivity index (χ3v) is 2.47. The minimum Gasteiger partial charge on any atom is -0.343 e. The van der Waals surface area contributed by atoms with Gasteiger partial charge < -0.3 is 10.2 Å². The monoisotopic (exact) mass is 256 g/mol. The zero-order chi connectivity index (χ0) is 13.9. The zero-order valence-corrected chi connectivity index (χ0v) is 10.6. The molecular weight excluding hydrogens is 240 g/mol. The molecule has 18 heavy (non-hydrogen) atoms. The molecule has 1 unspecified atom stereocenters. The molecule has 1 saturated heterocycles. The molecule has 0 saturated carbocycles. The maximum atomic E-state index is 11.8. The van der Waals surface area contributed by atoms with Gasteiger partial charge in [0.25, 0.3) is 11.8 Å². The third kappa shape index (κ3) is 3.28. The smallest absolute Gasteiger partial charge is 0.343 e. The van der Waals surface area contributed by atoms with E-state index in [-0.39, 0.29) is 24.7 Å². The van der Waals surface area contributed by atoms with Crippen LogP contribution in [-0.4, -0.2) is 34.8 Å². The number of carbonyl (C=O) groups excluding carboxylic acids is 4. The minimum absolute atomic E-state index is 0.0403. The Morgan fingerprint density at radius 1 is 1.22 bits per heavy atom. The van der Waals surface area contributed by atoms with Crippen LogP contribution in [0.3, 0.4) is 0 Å². The van der Waals surface area contributed by atoms with E-state index in [4.69, 9.17) is 4.84 Å². The van der Waals surface area contributed by atoms with Crippen molar-refractivity contribution < 1.29 is 24.0 Å². The van der Waals surface area contributed by atoms with Crippen molar-refractivity contribution in [1.29, 1.82) is 0 Å². The van der Waals surface area contributed by atoms with Gasteiger partial charge in [0.15, 0.2) is 0 Å². The lowest BCUT2D eigenvalue weighted by atomic mass is 10.1. The number of hydroxylamine groups is 2. The second-order valence-electron chi connectivity index (χ2n) is 4.41. The summed E-state index contributed by atoms with van der Waals surface area (Å²) in [6.07, 6.45) is 0.0805. The Kier molecular flexibility index (Phi) is 4.41. The lowest BCUT2D eigenvalue weighted by molar-refractivity contribution is -0.199.